The Balaban J connectivity index is 1.87. The van der Waals surface area contributed by atoms with Crippen molar-refractivity contribution in [2.24, 2.45) is 0 Å². The van der Waals surface area contributed by atoms with E-state index in [-0.39, 0.29) is 0 Å². The fraction of sp³-hybridized carbons (Fsp3) is 0.909. The van der Waals surface area contributed by atoms with E-state index in [1.807, 2.05) is 4.90 Å². The number of hydrogen-bond donors (Lipinski definition) is 0. The summed E-state index contributed by atoms with van der Waals surface area (Å²) in [7, 11) is 0. The number of nitrogens with zero attached hydrogens (tertiary/aromatic N) is 2. The highest BCUT2D eigenvalue weighted by atomic mass is 79.9. The van der Waals surface area contributed by atoms with Crippen LogP contribution in [0.4, 0.5) is 0 Å². The van der Waals surface area contributed by atoms with Crippen LogP contribution in [0.25, 0.3) is 0 Å². The smallest absolute Gasteiger partial charge is 0.223 e. The molecule has 0 spiro atoms. The molecule has 2 aliphatic heterocycles. The van der Waals surface area contributed by atoms with Crippen LogP contribution in [-0.4, -0.2) is 53.3 Å². The van der Waals surface area contributed by atoms with Crippen LogP contribution in [0, 0.1) is 0 Å². The van der Waals surface area contributed by atoms with E-state index in [0.717, 1.165) is 25.0 Å². The highest BCUT2D eigenvalue weighted by Gasteiger charge is 2.30. The van der Waals surface area contributed by atoms with Gasteiger partial charge in [-0.2, -0.15) is 0 Å². The SMILES string of the molecule is O=C(CCBr)N1CCN2CCCCC2C1. The predicted molar refractivity (Wildman–Crippen MR) is 64.2 cm³/mol. The Kier molecular flexibility index (Phi) is 4.03. The molecule has 0 aliphatic carbocycles. The first-order valence-electron chi connectivity index (χ1n) is 5.89. The maximum absolute atomic E-state index is 11.8. The number of fused-ring (bicyclic) bond motifs is 1. The molecule has 1 amide bonds. The van der Waals surface area contributed by atoms with Gasteiger partial charge in [0.2, 0.25) is 5.91 Å². The minimum absolute atomic E-state index is 0.317. The number of piperazine rings is 1. The van der Waals surface area contributed by atoms with Crippen molar-refractivity contribution in [2.75, 3.05) is 31.5 Å². The summed E-state index contributed by atoms with van der Waals surface area (Å²) in [6, 6.07) is 0.645. The maximum atomic E-state index is 11.8. The van der Waals surface area contributed by atoms with E-state index in [2.05, 4.69) is 20.8 Å². The molecule has 0 aromatic carbocycles. The first-order valence-corrected chi connectivity index (χ1v) is 7.01. The quantitative estimate of drug-likeness (QED) is 0.712. The standard InChI is InChI=1S/C11H19BrN2O/c12-5-4-11(15)14-8-7-13-6-2-1-3-10(13)9-14/h10H,1-9H2. The van der Waals surface area contributed by atoms with Gasteiger partial charge in [0, 0.05) is 37.4 Å². The number of amides is 1. The third kappa shape index (κ3) is 2.72. The molecule has 86 valence electrons. The lowest BCUT2D eigenvalue weighted by Gasteiger charge is -2.44. The van der Waals surface area contributed by atoms with Crippen LogP contribution in [-0.2, 0) is 4.79 Å². The number of carbonyl (C=O) groups excluding carboxylic acids is 1. The van der Waals surface area contributed by atoms with E-state index in [4.69, 9.17) is 0 Å². The summed E-state index contributed by atoms with van der Waals surface area (Å²) in [5.74, 6) is 0.317. The Morgan fingerprint density at radius 1 is 1.27 bits per heavy atom. The first kappa shape index (κ1) is 11.4. The molecule has 1 atom stereocenters. The second-order valence-electron chi connectivity index (χ2n) is 4.46. The monoisotopic (exact) mass is 274 g/mol. The summed E-state index contributed by atoms with van der Waals surface area (Å²) >= 11 is 3.33. The van der Waals surface area contributed by atoms with Crippen molar-refractivity contribution in [2.45, 2.75) is 31.7 Å². The van der Waals surface area contributed by atoms with Crippen molar-refractivity contribution in [3.63, 3.8) is 0 Å². The molecule has 0 aromatic rings. The second kappa shape index (κ2) is 5.30. The van der Waals surface area contributed by atoms with Gasteiger partial charge < -0.3 is 4.90 Å². The van der Waals surface area contributed by atoms with Crippen molar-refractivity contribution < 1.29 is 4.79 Å². The molecule has 15 heavy (non-hydrogen) atoms. The van der Waals surface area contributed by atoms with Crippen molar-refractivity contribution in [3.8, 4) is 0 Å². The van der Waals surface area contributed by atoms with Crippen molar-refractivity contribution in [1.29, 1.82) is 0 Å². The molecule has 0 N–H and O–H groups in total. The number of piperidine rings is 1. The maximum Gasteiger partial charge on any atom is 0.223 e. The van der Waals surface area contributed by atoms with Crippen molar-refractivity contribution >= 4 is 21.8 Å². The van der Waals surface area contributed by atoms with Gasteiger partial charge >= 0.3 is 0 Å². The lowest BCUT2D eigenvalue weighted by molar-refractivity contribution is -0.134. The highest BCUT2D eigenvalue weighted by molar-refractivity contribution is 9.09. The number of carbonyl (C=O) groups is 1. The topological polar surface area (TPSA) is 23.6 Å². The molecule has 2 rings (SSSR count). The molecule has 1 unspecified atom stereocenters. The molecule has 2 saturated heterocycles. The first-order chi connectivity index (χ1) is 7.31. The lowest BCUT2D eigenvalue weighted by atomic mass is 9.99. The van der Waals surface area contributed by atoms with Gasteiger partial charge in [-0.15, -0.1) is 0 Å². The van der Waals surface area contributed by atoms with E-state index in [1.165, 1.54) is 25.8 Å². The summed E-state index contributed by atoms with van der Waals surface area (Å²) in [6.45, 7) is 4.22. The number of rotatable bonds is 2. The van der Waals surface area contributed by atoms with Crippen LogP contribution in [0.3, 0.4) is 0 Å². The van der Waals surface area contributed by atoms with Crippen LogP contribution in [0.15, 0.2) is 0 Å². The largest absolute Gasteiger partial charge is 0.340 e. The molecule has 0 saturated carbocycles. The summed E-state index contributed by atoms with van der Waals surface area (Å²) in [5, 5.41) is 0.788. The van der Waals surface area contributed by atoms with Gasteiger partial charge in [-0.05, 0) is 19.4 Å². The predicted octanol–water partition coefficient (Wildman–Crippen LogP) is 1.47. The molecular formula is C11H19BrN2O. The summed E-state index contributed by atoms with van der Waals surface area (Å²) < 4.78 is 0. The molecule has 4 heteroatoms. The molecule has 3 nitrogen and oxygen atoms in total. The number of halogens is 1. The molecule has 2 fully saturated rings. The van der Waals surface area contributed by atoms with Crippen LogP contribution in [0.5, 0.6) is 0 Å². The molecule has 0 radical (unpaired) electrons. The molecule has 0 bridgehead atoms. The van der Waals surface area contributed by atoms with E-state index < -0.39 is 0 Å². The van der Waals surface area contributed by atoms with Gasteiger partial charge in [0.1, 0.15) is 0 Å². The lowest BCUT2D eigenvalue weighted by Crippen LogP contribution is -2.56. The van der Waals surface area contributed by atoms with Crippen LogP contribution in [0.2, 0.25) is 0 Å². The van der Waals surface area contributed by atoms with E-state index >= 15 is 0 Å². The van der Waals surface area contributed by atoms with Gasteiger partial charge in [0.25, 0.3) is 0 Å². The average Bonchev–Trinajstić information content (AvgIpc) is 2.29. The zero-order chi connectivity index (χ0) is 10.7. The van der Waals surface area contributed by atoms with Crippen LogP contribution >= 0.6 is 15.9 Å². The van der Waals surface area contributed by atoms with Gasteiger partial charge in [-0.1, -0.05) is 22.4 Å². The van der Waals surface area contributed by atoms with Gasteiger partial charge in [-0.3, -0.25) is 9.69 Å². The second-order valence-corrected chi connectivity index (χ2v) is 5.26. The molecular weight excluding hydrogens is 256 g/mol. The van der Waals surface area contributed by atoms with Gasteiger partial charge in [0.05, 0.1) is 0 Å². The van der Waals surface area contributed by atoms with Crippen molar-refractivity contribution in [3.05, 3.63) is 0 Å². The van der Waals surface area contributed by atoms with Crippen molar-refractivity contribution in [1.82, 2.24) is 9.80 Å². The molecule has 2 heterocycles. The Bertz CT molecular complexity index is 235. The third-order valence-corrected chi connectivity index (χ3v) is 3.89. The van der Waals surface area contributed by atoms with Crippen LogP contribution < -0.4 is 0 Å². The zero-order valence-corrected chi connectivity index (χ0v) is 10.7. The fourth-order valence-electron chi connectivity index (χ4n) is 2.62. The summed E-state index contributed by atoms with van der Waals surface area (Å²) in [5.41, 5.74) is 0. The Morgan fingerprint density at radius 3 is 2.93 bits per heavy atom. The number of hydrogen-bond acceptors (Lipinski definition) is 2. The van der Waals surface area contributed by atoms with E-state index in [1.54, 1.807) is 0 Å². The molecule has 0 aromatic heterocycles. The Labute approximate surface area is 99.9 Å². The number of alkyl halides is 1. The van der Waals surface area contributed by atoms with E-state index in [9.17, 15) is 4.79 Å². The minimum Gasteiger partial charge on any atom is -0.340 e. The van der Waals surface area contributed by atoms with Crippen LogP contribution in [0.1, 0.15) is 25.7 Å². The zero-order valence-electron chi connectivity index (χ0n) is 9.12. The molecule has 2 aliphatic rings. The Morgan fingerprint density at radius 2 is 2.13 bits per heavy atom. The van der Waals surface area contributed by atoms with Gasteiger partial charge in [-0.25, -0.2) is 0 Å². The average molecular weight is 275 g/mol. The summed E-state index contributed by atoms with van der Waals surface area (Å²) in [4.78, 5) is 16.4. The van der Waals surface area contributed by atoms with Gasteiger partial charge in [0.15, 0.2) is 0 Å². The fourth-order valence-corrected chi connectivity index (χ4v) is 2.96. The normalized spacial score (nSPS) is 27.5. The van der Waals surface area contributed by atoms with E-state index in [0.29, 0.717) is 18.4 Å². The Hall–Kier alpha value is -0.0900. The third-order valence-electron chi connectivity index (χ3n) is 3.50. The minimum atomic E-state index is 0.317. The highest BCUT2D eigenvalue weighted by Crippen LogP contribution is 2.21. The summed E-state index contributed by atoms with van der Waals surface area (Å²) in [6.07, 6.45) is 4.60.